The second kappa shape index (κ2) is 6.22. The van der Waals surface area contributed by atoms with Crippen molar-refractivity contribution in [2.24, 2.45) is 4.99 Å². The fraction of sp³-hybridized carbons (Fsp3) is 0.0588. The van der Waals surface area contributed by atoms with Crippen LogP contribution in [0.1, 0.15) is 16.7 Å². The summed E-state index contributed by atoms with van der Waals surface area (Å²) in [5.41, 5.74) is 2.46. The van der Waals surface area contributed by atoms with Gasteiger partial charge in [-0.15, -0.1) is 0 Å². The van der Waals surface area contributed by atoms with E-state index in [0.717, 1.165) is 11.1 Å². The number of aliphatic imine (C=N–C) groups is 1. The van der Waals surface area contributed by atoms with Crippen LogP contribution in [-0.2, 0) is 4.79 Å². The third-order valence-corrected chi connectivity index (χ3v) is 4.97. The zero-order chi connectivity index (χ0) is 16.6. The van der Waals surface area contributed by atoms with Gasteiger partial charge >= 0.3 is 0 Å². The molecule has 0 aromatic heterocycles. The van der Waals surface area contributed by atoms with Crippen molar-refractivity contribution < 1.29 is 15.0 Å². The molecule has 1 amide bonds. The number of aryl methyl sites for hydroxylation is 1. The summed E-state index contributed by atoms with van der Waals surface area (Å²) in [6.45, 7) is 2.00. The Morgan fingerprint density at radius 1 is 1.13 bits per heavy atom. The SMILES string of the molecule is Cc1ccc(C2=NC(=O)C(=Cc3cc(Br)c(O)cc3O)S2)cc1. The molecule has 0 bridgehead atoms. The summed E-state index contributed by atoms with van der Waals surface area (Å²) in [5, 5.41) is 20.1. The van der Waals surface area contributed by atoms with Crippen molar-refractivity contribution in [2.75, 3.05) is 0 Å². The van der Waals surface area contributed by atoms with E-state index in [1.165, 1.54) is 17.8 Å². The minimum atomic E-state index is -0.339. The molecule has 1 aliphatic rings. The van der Waals surface area contributed by atoms with Crippen LogP contribution < -0.4 is 0 Å². The van der Waals surface area contributed by atoms with Crippen molar-refractivity contribution in [1.29, 1.82) is 0 Å². The van der Waals surface area contributed by atoms with Gasteiger partial charge in [-0.2, -0.15) is 0 Å². The summed E-state index contributed by atoms with van der Waals surface area (Å²) in [7, 11) is 0. The number of phenols is 2. The Labute approximate surface area is 145 Å². The Balaban J connectivity index is 1.91. The summed E-state index contributed by atoms with van der Waals surface area (Å²) in [4.78, 5) is 16.6. The van der Waals surface area contributed by atoms with E-state index in [2.05, 4.69) is 20.9 Å². The van der Waals surface area contributed by atoms with Crippen molar-refractivity contribution in [1.82, 2.24) is 0 Å². The summed E-state index contributed by atoms with van der Waals surface area (Å²) >= 11 is 4.45. The molecule has 0 saturated carbocycles. The molecule has 0 unspecified atom stereocenters. The number of carbonyl (C=O) groups is 1. The Morgan fingerprint density at radius 3 is 2.52 bits per heavy atom. The molecular formula is C17H12BrNO3S. The maximum atomic E-state index is 12.1. The molecule has 0 aliphatic carbocycles. The molecule has 6 heteroatoms. The van der Waals surface area contributed by atoms with E-state index in [1.807, 2.05) is 31.2 Å². The number of carbonyl (C=O) groups excluding carboxylic acids is 1. The van der Waals surface area contributed by atoms with Crippen LogP contribution in [-0.4, -0.2) is 21.2 Å². The quantitative estimate of drug-likeness (QED) is 0.753. The number of aromatic hydroxyl groups is 2. The van der Waals surface area contributed by atoms with Crippen LogP contribution in [0.25, 0.3) is 6.08 Å². The lowest BCUT2D eigenvalue weighted by molar-refractivity contribution is -0.113. The fourth-order valence-electron chi connectivity index (χ4n) is 2.05. The van der Waals surface area contributed by atoms with Gasteiger partial charge in [0.1, 0.15) is 16.5 Å². The number of rotatable bonds is 2. The van der Waals surface area contributed by atoms with Gasteiger partial charge in [0.15, 0.2) is 0 Å². The highest BCUT2D eigenvalue weighted by molar-refractivity contribution is 9.10. The molecule has 2 aromatic carbocycles. The zero-order valence-corrected chi connectivity index (χ0v) is 14.5. The number of phenolic OH excluding ortho intramolecular Hbond substituents is 2. The van der Waals surface area contributed by atoms with Crippen molar-refractivity contribution in [3.63, 3.8) is 0 Å². The third kappa shape index (κ3) is 3.33. The molecule has 23 heavy (non-hydrogen) atoms. The number of benzene rings is 2. The van der Waals surface area contributed by atoms with Gasteiger partial charge in [0, 0.05) is 17.2 Å². The second-order valence-corrected chi connectivity index (χ2v) is 6.95. The van der Waals surface area contributed by atoms with E-state index in [1.54, 1.807) is 12.1 Å². The van der Waals surface area contributed by atoms with Gasteiger partial charge in [0.05, 0.1) is 9.38 Å². The fourth-order valence-corrected chi connectivity index (χ4v) is 3.32. The van der Waals surface area contributed by atoms with Crippen LogP contribution in [0.3, 0.4) is 0 Å². The van der Waals surface area contributed by atoms with Crippen LogP contribution in [0.2, 0.25) is 0 Å². The molecule has 0 fully saturated rings. The van der Waals surface area contributed by atoms with Gasteiger partial charge in [-0.3, -0.25) is 4.79 Å². The maximum absolute atomic E-state index is 12.1. The molecule has 1 heterocycles. The highest BCUT2D eigenvalue weighted by atomic mass is 79.9. The molecular weight excluding hydrogens is 378 g/mol. The van der Waals surface area contributed by atoms with Gasteiger partial charge < -0.3 is 10.2 Å². The Kier molecular flexibility index (Phi) is 4.28. The topological polar surface area (TPSA) is 69.9 Å². The third-order valence-electron chi connectivity index (χ3n) is 3.30. The summed E-state index contributed by atoms with van der Waals surface area (Å²) in [6.07, 6.45) is 1.57. The van der Waals surface area contributed by atoms with E-state index in [4.69, 9.17) is 0 Å². The average molecular weight is 390 g/mol. The molecule has 0 saturated heterocycles. The standard InChI is InChI=1S/C17H12BrNO3S/c1-9-2-4-10(5-3-9)17-19-16(22)15(23-17)7-11-6-12(18)14(21)8-13(11)20/h2-8,20-21H,1H3. The van der Waals surface area contributed by atoms with Gasteiger partial charge in [-0.05, 0) is 35.0 Å². The molecule has 0 atom stereocenters. The zero-order valence-electron chi connectivity index (χ0n) is 12.1. The minimum absolute atomic E-state index is 0.0633. The van der Waals surface area contributed by atoms with Crippen LogP contribution in [0.4, 0.5) is 0 Å². The number of amides is 1. The monoisotopic (exact) mass is 389 g/mol. The summed E-state index contributed by atoms with van der Waals surface area (Å²) < 4.78 is 0.442. The van der Waals surface area contributed by atoms with Crippen molar-refractivity contribution in [2.45, 2.75) is 6.92 Å². The minimum Gasteiger partial charge on any atom is -0.507 e. The van der Waals surface area contributed by atoms with Crippen molar-refractivity contribution in [3.05, 3.63) is 62.5 Å². The van der Waals surface area contributed by atoms with E-state index in [-0.39, 0.29) is 17.4 Å². The van der Waals surface area contributed by atoms with Crippen LogP contribution in [0.5, 0.6) is 11.5 Å². The predicted octanol–water partition coefficient (Wildman–Crippen LogP) is 4.23. The highest BCUT2D eigenvalue weighted by Gasteiger charge is 2.23. The Hall–Kier alpha value is -2.05. The normalized spacial score (nSPS) is 16.0. The predicted molar refractivity (Wildman–Crippen MR) is 95.8 cm³/mol. The molecule has 4 nitrogen and oxygen atoms in total. The first-order valence-corrected chi connectivity index (χ1v) is 8.36. The smallest absolute Gasteiger partial charge is 0.284 e. The van der Waals surface area contributed by atoms with Gasteiger partial charge in [0.25, 0.3) is 5.91 Å². The average Bonchev–Trinajstić information content (AvgIpc) is 2.86. The molecule has 116 valence electrons. The lowest BCUT2D eigenvalue weighted by Gasteiger charge is -2.04. The Morgan fingerprint density at radius 2 is 1.83 bits per heavy atom. The van der Waals surface area contributed by atoms with E-state index >= 15 is 0 Å². The first-order valence-electron chi connectivity index (χ1n) is 6.75. The largest absolute Gasteiger partial charge is 0.507 e. The number of nitrogens with zero attached hydrogens (tertiary/aromatic N) is 1. The van der Waals surface area contributed by atoms with Gasteiger partial charge in [-0.25, -0.2) is 4.99 Å². The van der Waals surface area contributed by atoms with E-state index in [9.17, 15) is 15.0 Å². The molecule has 0 spiro atoms. The number of hydrogen-bond acceptors (Lipinski definition) is 4. The number of halogens is 1. The van der Waals surface area contributed by atoms with Gasteiger partial charge in [0.2, 0.25) is 0 Å². The van der Waals surface area contributed by atoms with Crippen LogP contribution in [0.15, 0.2) is 50.8 Å². The lowest BCUT2D eigenvalue weighted by atomic mass is 10.1. The highest BCUT2D eigenvalue weighted by Crippen LogP contribution is 2.36. The van der Waals surface area contributed by atoms with Crippen molar-refractivity contribution >= 4 is 44.7 Å². The van der Waals surface area contributed by atoms with E-state index < -0.39 is 0 Å². The molecule has 0 radical (unpaired) electrons. The first kappa shape index (κ1) is 15.8. The van der Waals surface area contributed by atoms with Crippen LogP contribution in [0, 0.1) is 6.92 Å². The maximum Gasteiger partial charge on any atom is 0.284 e. The second-order valence-electron chi connectivity index (χ2n) is 5.06. The first-order chi connectivity index (χ1) is 10.9. The Bertz CT molecular complexity index is 857. The number of hydrogen-bond donors (Lipinski definition) is 2. The molecule has 2 N–H and O–H groups in total. The summed E-state index contributed by atoms with van der Waals surface area (Å²) in [5.74, 6) is -0.504. The van der Waals surface area contributed by atoms with E-state index in [0.29, 0.717) is 20.0 Å². The summed E-state index contributed by atoms with van der Waals surface area (Å²) in [6, 6.07) is 10.6. The van der Waals surface area contributed by atoms with Gasteiger partial charge in [-0.1, -0.05) is 41.6 Å². The van der Waals surface area contributed by atoms with Crippen molar-refractivity contribution in [3.8, 4) is 11.5 Å². The lowest BCUT2D eigenvalue weighted by Crippen LogP contribution is -1.90. The molecule has 1 aliphatic heterocycles. The molecule has 2 aromatic rings. The number of thioether (sulfide) groups is 1. The molecule has 3 rings (SSSR count). The van der Waals surface area contributed by atoms with Crippen LogP contribution >= 0.6 is 27.7 Å².